The van der Waals surface area contributed by atoms with Crippen LogP contribution in [0.5, 0.6) is 0 Å². The van der Waals surface area contributed by atoms with E-state index in [4.69, 9.17) is 10.8 Å². The lowest BCUT2D eigenvalue weighted by molar-refractivity contribution is -0.230. The van der Waals surface area contributed by atoms with Gasteiger partial charge in [-0.25, -0.2) is 15.0 Å². The summed E-state index contributed by atoms with van der Waals surface area (Å²) < 4.78 is 53.3. The van der Waals surface area contributed by atoms with E-state index in [1.807, 2.05) is 0 Å². The Morgan fingerprint density at radius 1 is 1.16 bits per heavy atom. The molecule has 104 valence electrons. The Balaban J connectivity index is 2.39. The summed E-state index contributed by atoms with van der Waals surface area (Å²) in [7, 11) is 0. The molecule has 0 unspecified atom stereocenters. The highest BCUT2D eigenvalue weighted by molar-refractivity contribution is 5.81. The van der Waals surface area contributed by atoms with Crippen LogP contribution in [0.4, 0.5) is 23.4 Å². The monoisotopic (exact) mass is 279 g/mol. The third kappa shape index (κ3) is 2.18. The molecule has 0 atom stereocenters. The van der Waals surface area contributed by atoms with E-state index < -0.39 is 25.0 Å². The van der Waals surface area contributed by atoms with E-state index in [0.717, 1.165) is 17.2 Å². The molecule has 0 aliphatic carbocycles. The van der Waals surface area contributed by atoms with Crippen molar-refractivity contribution >= 4 is 17.0 Å². The first-order chi connectivity index (χ1) is 8.78. The number of anilines is 1. The van der Waals surface area contributed by atoms with Crippen LogP contribution in [0.2, 0.25) is 0 Å². The number of nitrogen functional groups attached to an aromatic ring is 1. The lowest BCUT2D eigenvalue weighted by atomic mass is 10.2. The highest BCUT2D eigenvalue weighted by Crippen LogP contribution is 2.35. The number of alkyl halides is 4. The van der Waals surface area contributed by atoms with Crippen molar-refractivity contribution in [1.82, 2.24) is 19.5 Å². The van der Waals surface area contributed by atoms with Crippen LogP contribution in [0.15, 0.2) is 12.7 Å². The second-order valence-electron chi connectivity index (χ2n) is 3.87. The summed E-state index contributed by atoms with van der Waals surface area (Å²) in [5, 5.41) is 8.32. The van der Waals surface area contributed by atoms with Gasteiger partial charge in [0.25, 0.3) is 0 Å². The standard InChI is InChI=1S/C9H9F4N5O/c10-8(11,9(12,13)2-19)1-18-4-17-5-6(14)15-3-16-7(5)18/h3-4,19H,1-2H2,(H2,14,15,16). The molecule has 10 heteroatoms. The predicted octanol–water partition coefficient (Wildman–Crippen LogP) is 0.671. The minimum absolute atomic E-state index is 0.0408. The molecule has 2 rings (SSSR count). The van der Waals surface area contributed by atoms with E-state index in [-0.39, 0.29) is 17.0 Å². The fourth-order valence-corrected chi connectivity index (χ4v) is 1.46. The molecule has 0 aromatic carbocycles. The average molecular weight is 279 g/mol. The van der Waals surface area contributed by atoms with Crippen LogP contribution < -0.4 is 5.73 Å². The first-order valence-electron chi connectivity index (χ1n) is 5.06. The Kier molecular flexibility index (Phi) is 3.04. The lowest BCUT2D eigenvalue weighted by Gasteiger charge is -2.24. The summed E-state index contributed by atoms with van der Waals surface area (Å²) >= 11 is 0. The first-order valence-corrected chi connectivity index (χ1v) is 5.06. The molecule has 0 bridgehead atoms. The molecule has 2 aromatic heterocycles. The van der Waals surface area contributed by atoms with Gasteiger partial charge in [0.2, 0.25) is 0 Å². The molecule has 0 aliphatic rings. The third-order valence-electron chi connectivity index (χ3n) is 2.53. The first kappa shape index (κ1) is 13.5. The number of halogens is 4. The second kappa shape index (κ2) is 4.30. The van der Waals surface area contributed by atoms with Gasteiger partial charge in [-0.2, -0.15) is 17.6 Å². The molecule has 3 N–H and O–H groups in total. The van der Waals surface area contributed by atoms with Gasteiger partial charge in [-0.1, -0.05) is 0 Å². The molecule has 6 nitrogen and oxygen atoms in total. The van der Waals surface area contributed by atoms with Crippen molar-refractivity contribution in [3.05, 3.63) is 12.7 Å². The fraction of sp³-hybridized carbons (Fsp3) is 0.444. The SMILES string of the molecule is Nc1ncnc2c1ncn2CC(F)(F)C(F)(F)CO. The van der Waals surface area contributed by atoms with Gasteiger partial charge in [0.05, 0.1) is 12.9 Å². The molecule has 0 saturated carbocycles. The summed E-state index contributed by atoms with van der Waals surface area (Å²) in [6, 6.07) is 0. The zero-order valence-corrected chi connectivity index (χ0v) is 9.39. The van der Waals surface area contributed by atoms with E-state index in [1.54, 1.807) is 0 Å². The van der Waals surface area contributed by atoms with Gasteiger partial charge < -0.3 is 15.4 Å². The summed E-state index contributed by atoms with van der Waals surface area (Å²) in [5.41, 5.74) is 5.41. The van der Waals surface area contributed by atoms with E-state index >= 15 is 0 Å². The summed E-state index contributed by atoms with van der Waals surface area (Å²) in [6.07, 6.45) is 1.93. The largest absolute Gasteiger partial charge is 0.390 e. The number of hydrogen-bond donors (Lipinski definition) is 2. The van der Waals surface area contributed by atoms with E-state index in [0.29, 0.717) is 0 Å². The maximum atomic E-state index is 13.4. The maximum Gasteiger partial charge on any atom is 0.334 e. The molecule has 0 fully saturated rings. The topological polar surface area (TPSA) is 89.9 Å². The van der Waals surface area contributed by atoms with Gasteiger partial charge in [-0.05, 0) is 0 Å². The van der Waals surface area contributed by atoms with Crippen LogP contribution in [0, 0.1) is 0 Å². The van der Waals surface area contributed by atoms with Crippen molar-refractivity contribution < 1.29 is 22.7 Å². The van der Waals surface area contributed by atoms with Gasteiger partial charge in [-0.15, -0.1) is 0 Å². The number of aliphatic hydroxyl groups excluding tert-OH is 1. The zero-order valence-electron chi connectivity index (χ0n) is 9.39. The maximum absolute atomic E-state index is 13.4. The molecule has 0 radical (unpaired) electrons. The van der Waals surface area contributed by atoms with Gasteiger partial charge in [-0.3, -0.25) is 0 Å². The van der Waals surface area contributed by atoms with Crippen LogP contribution in [0.3, 0.4) is 0 Å². The zero-order chi connectivity index (χ0) is 14.3. The predicted molar refractivity (Wildman–Crippen MR) is 56.7 cm³/mol. The van der Waals surface area contributed by atoms with Crippen molar-refractivity contribution in [2.24, 2.45) is 0 Å². The number of fused-ring (bicyclic) bond motifs is 1. The molecule has 0 amide bonds. The highest BCUT2D eigenvalue weighted by atomic mass is 19.3. The van der Waals surface area contributed by atoms with Crippen LogP contribution >= 0.6 is 0 Å². The van der Waals surface area contributed by atoms with Crippen LogP contribution in [-0.2, 0) is 6.54 Å². The normalized spacial score (nSPS) is 13.1. The van der Waals surface area contributed by atoms with Gasteiger partial charge in [0.15, 0.2) is 11.5 Å². The van der Waals surface area contributed by atoms with Crippen molar-refractivity contribution in [1.29, 1.82) is 0 Å². The molecular formula is C9H9F4N5O. The Morgan fingerprint density at radius 2 is 1.84 bits per heavy atom. The second-order valence-corrected chi connectivity index (χ2v) is 3.87. The van der Waals surface area contributed by atoms with E-state index in [2.05, 4.69) is 15.0 Å². The summed E-state index contributed by atoms with van der Waals surface area (Å²) in [5.74, 6) is -9.03. The number of aromatic nitrogens is 4. The minimum atomic E-state index is -4.54. The number of rotatable bonds is 4. The van der Waals surface area contributed by atoms with Crippen molar-refractivity contribution in [3.8, 4) is 0 Å². The van der Waals surface area contributed by atoms with Crippen LogP contribution in [0.1, 0.15) is 0 Å². The molecule has 0 spiro atoms. The Hall–Kier alpha value is -1.97. The van der Waals surface area contributed by atoms with E-state index in [1.165, 1.54) is 0 Å². The number of aliphatic hydroxyl groups is 1. The number of imidazole rings is 1. The van der Waals surface area contributed by atoms with Crippen LogP contribution in [0.25, 0.3) is 11.2 Å². The molecular weight excluding hydrogens is 270 g/mol. The quantitative estimate of drug-likeness (QED) is 0.803. The lowest BCUT2D eigenvalue weighted by Crippen LogP contribution is -2.46. The highest BCUT2D eigenvalue weighted by Gasteiger charge is 2.56. The van der Waals surface area contributed by atoms with Crippen molar-refractivity contribution in [3.63, 3.8) is 0 Å². The van der Waals surface area contributed by atoms with Crippen LogP contribution in [-0.4, -0.2) is 43.1 Å². The molecule has 0 aliphatic heterocycles. The van der Waals surface area contributed by atoms with Crippen molar-refractivity contribution in [2.75, 3.05) is 12.3 Å². The number of hydrogen-bond acceptors (Lipinski definition) is 5. The average Bonchev–Trinajstić information content (AvgIpc) is 2.73. The Morgan fingerprint density at radius 3 is 2.47 bits per heavy atom. The fourth-order valence-electron chi connectivity index (χ4n) is 1.46. The summed E-state index contributed by atoms with van der Waals surface area (Å²) in [4.78, 5) is 10.9. The Labute approximate surface area is 103 Å². The minimum Gasteiger partial charge on any atom is -0.390 e. The Bertz CT molecular complexity index is 599. The summed E-state index contributed by atoms with van der Waals surface area (Å²) in [6.45, 7) is -3.34. The van der Waals surface area contributed by atoms with Crippen molar-refractivity contribution in [2.45, 2.75) is 18.4 Å². The molecule has 0 saturated heterocycles. The smallest absolute Gasteiger partial charge is 0.334 e. The van der Waals surface area contributed by atoms with E-state index in [9.17, 15) is 17.6 Å². The van der Waals surface area contributed by atoms with Gasteiger partial charge in [0.1, 0.15) is 18.5 Å². The molecule has 19 heavy (non-hydrogen) atoms. The van der Waals surface area contributed by atoms with Gasteiger partial charge in [0, 0.05) is 0 Å². The van der Waals surface area contributed by atoms with Gasteiger partial charge >= 0.3 is 11.8 Å². The molecule has 2 heterocycles. The molecule has 2 aromatic rings. The number of nitrogens with two attached hydrogens (primary N) is 1. The number of nitrogens with zero attached hydrogens (tertiary/aromatic N) is 4. The third-order valence-corrected chi connectivity index (χ3v) is 2.53.